The third kappa shape index (κ3) is 3.71. The van der Waals surface area contributed by atoms with Crippen LogP contribution in [0.4, 0.5) is 0 Å². The molecule has 0 aromatic carbocycles. The van der Waals surface area contributed by atoms with Crippen LogP contribution in [0.5, 0.6) is 0 Å². The summed E-state index contributed by atoms with van der Waals surface area (Å²) in [6, 6.07) is 4.07. The van der Waals surface area contributed by atoms with Crippen LogP contribution in [-0.4, -0.2) is 73.7 Å². The van der Waals surface area contributed by atoms with Gasteiger partial charge < -0.3 is 15.0 Å². The summed E-state index contributed by atoms with van der Waals surface area (Å²) in [4.78, 5) is 21.5. The molecule has 1 N–H and O–H groups in total. The van der Waals surface area contributed by atoms with Gasteiger partial charge in [0, 0.05) is 58.8 Å². The fourth-order valence-electron chi connectivity index (χ4n) is 3.58. The predicted octanol–water partition coefficient (Wildman–Crippen LogP) is 0.352. The molecule has 3 heterocycles. The molecule has 2 aliphatic heterocycles. The van der Waals surface area contributed by atoms with Crippen LogP contribution in [0.25, 0.3) is 0 Å². The van der Waals surface area contributed by atoms with E-state index in [1.54, 1.807) is 13.3 Å². The lowest BCUT2D eigenvalue weighted by Crippen LogP contribution is -2.54. The number of rotatable bonds is 5. The van der Waals surface area contributed by atoms with E-state index in [9.17, 15) is 4.79 Å². The van der Waals surface area contributed by atoms with Crippen LogP contribution in [0, 0.1) is 5.41 Å². The molecule has 2 aliphatic rings. The van der Waals surface area contributed by atoms with Crippen LogP contribution in [0.15, 0.2) is 24.5 Å². The maximum atomic E-state index is 13.0. The van der Waals surface area contributed by atoms with Gasteiger partial charge in [-0.2, -0.15) is 0 Å². The van der Waals surface area contributed by atoms with E-state index in [0.29, 0.717) is 6.61 Å². The summed E-state index contributed by atoms with van der Waals surface area (Å²) in [5.41, 5.74) is 0.864. The Hall–Kier alpha value is -1.50. The topological polar surface area (TPSA) is 57.7 Å². The monoisotopic (exact) mass is 318 g/mol. The lowest BCUT2D eigenvalue weighted by atomic mass is 9.86. The minimum Gasteiger partial charge on any atom is -0.384 e. The summed E-state index contributed by atoms with van der Waals surface area (Å²) in [5.74, 6) is 0.255. The SMILES string of the molecule is COCC1(C(=O)N2CCN(Cc3cccnc3)CC2)CCNC1. The van der Waals surface area contributed by atoms with Crippen molar-refractivity contribution in [1.82, 2.24) is 20.1 Å². The zero-order valence-electron chi connectivity index (χ0n) is 13.8. The molecule has 2 fully saturated rings. The Morgan fingerprint density at radius 1 is 1.39 bits per heavy atom. The third-order valence-corrected chi connectivity index (χ3v) is 4.91. The lowest BCUT2D eigenvalue weighted by molar-refractivity contribution is -0.146. The lowest BCUT2D eigenvalue weighted by Gasteiger charge is -2.39. The van der Waals surface area contributed by atoms with Crippen LogP contribution in [0.3, 0.4) is 0 Å². The molecule has 6 heteroatoms. The second kappa shape index (κ2) is 7.38. The quantitative estimate of drug-likeness (QED) is 0.849. The number of hydrogen-bond acceptors (Lipinski definition) is 5. The summed E-state index contributed by atoms with van der Waals surface area (Å²) in [7, 11) is 1.68. The summed E-state index contributed by atoms with van der Waals surface area (Å²) in [6.45, 7) is 6.46. The molecule has 1 atom stereocenters. The van der Waals surface area contributed by atoms with Gasteiger partial charge in [0.15, 0.2) is 0 Å². The second-order valence-corrected chi connectivity index (χ2v) is 6.57. The van der Waals surface area contributed by atoms with E-state index >= 15 is 0 Å². The summed E-state index contributed by atoms with van der Waals surface area (Å²) >= 11 is 0. The first-order valence-electron chi connectivity index (χ1n) is 8.34. The van der Waals surface area contributed by atoms with Gasteiger partial charge in [-0.05, 0) is 24.6 Å². The number of piperazine rings is 1. The Balaban J connectivity index is 1.55. The van der Waals surface area contributed by atoms with Gasteiger partial charge in [-0.3, -0.25) is 14.7 Å². The van der Waals surface area contributed by atoms with Crippen molar-refractivity contribution >= 4 is 5.91 Å². The largest absolute Gasteiger partial charge is 0.384 e. The van der Waals surface area contributed by atoms with Crippen LogP contribution in [0.1, 0.15) is 12.0 Å². The number of nitrogens with zero attached hydrogens (tertiary/aromatic N) is 3. The maximum absolute atomic E-state index is 13.0. The van der Waals surface area contributed by atoms with Crippen LogP contribution < -0.4 is 5.32 Å². The molecule has 1 unspecified atom stereocenters. The number of aromatic nitrogens is 1. The molecule has 23 heavy (non-hydrogen) atoms. The second-order valence-electron chi connectivity index (χ2n) is 6.57. The van der Waals surface area contributed by atoms with E-state index in [1.165, 1.54) is 5.56 Å². The van der Waals surface area contributed by atoms with Crippen molar-refractivity contribution in [2.24, 2.45) is 5.41 Å². The molecule has 0 radical (unpaired) electrons. The van der Waals surface area contributed by atoms with E-state index < -0.39 is 0 Å². The van der Waals surface area contributed by atoms with Crippen LogP contribution in [-0.2, 0) is 16.1 Å². The first-order valence-corrected chi connectivity index (χ1v) is 8.34. The van der Waals surface area contributed by atoms with Gasteiger partial charge in [0.05, 0.1) is 12.0 Å². The van der Waals surface area contributed by atoms with Crippen LogP contribution >= 0.6 is 0 Å². The minimum absolute atomic E-state index is 0.255. The van der Waals surface area contributed by atoms with E-state index in [1.807, 2.05) is 17.2 Å². The molecular weight excluding hydrogens is 292 g/mol. The number of ether oxygens (including phenoxy) is 1. The molecule has 0 aliphatic carbocycles. The number of carbonyl (C=O) groups is 1. The number of nitrogens with one attached hydrogen (secondary N) is 1. The smallest absolute Gasteiger partial charge is 0.232 e. The third-order valence-electron chi connectivity index (χ3n) is 4.91. The molecule has 1 amide bonds. The van der Waals surface area contributed by atoms with Crippen molar-refractivity contribution in [2.75, 3.05) is 53.0 Å². The van der Waals surface area contributed by atoms with Gasteiger partial charge in [-0.25, -0.2) is 0 Å². The highest BCUT2D eigenvalue weighted by molar-refractivity contribution is 5.83. The molecule has 0 bridgehead atoms. The van der Waals surface area contributed by atoms with E-state index in [2.05, 4.69) is 21.3 Å². The molecule has 1 aromatic rings. The van der Waals surface area contributed by atoms with Gasteiger partial charge in [0.1, 0.15) is 0 Å². The van der Waals surface area contributed by atoms with Crippen molar-refractivity contribution in [3.63, 3.8) is 0 Å². The number of pyridine rings is 1. The molecule has 0 saturated carbocycles. The number of amides is 1. The molecule has 2 saturated heterocycles. The summed E-state index contributed by atoms with van der Waals surface area (Å²) < 4.78 is 5.34. The highest BCUT2D eigenvalue weighted by Crippen LogP contribution is 2.29. The van der Waals surface area contributed by atoms with Crippen molar-refractivity contribution in [3.8, 4) is 0 Å². The van der Waals surface area contributed by atoms with Gasteiger partial charge >= 0.3 is 0 Å². The van der Waals surface area contributed by atoms with Crippen molar-refractivity contribution < 1.29 is 9.53 Å². The average molecular weight is 318 g/mol. The molecule has 0 spiro atoms. The Labute approximate surface area is 137 Å². The molecule has 126 valence electrons. The first-order chi connectivity index (χ1) is 11.2. The van der Waals surface area contributed by atoms with E-state index in [4.69, 9.17) is 4.74 Å². The highest BCUT2D eigenvalue weighted by atomic mass is 16.5. The average Bonchev–Trinajstić information content (AvgIpc) is 3.06. The zero-order chi connectivity index (χ0) is 16.1. The number of carbonyl (C=O) groups excluding carboxylic acids is 1. The van der Waals surface area contributed by atoms with Crippen molar-refractivity contribution in [3.05, 3.63) is 30.1 Å². The highest BCUT2D eigenvalue weighted by Gasteiger charge is 2.44. The fourth-order valence-corrected chi connectivity index (χ4v) is 3.58. The maximum Gasteiger partial charge on any atom is 0.232 e. The number of methoxy groups -OCH3 is 1. The Kier molecular flexibility index (Phi) is 5.25. The number of hydrogen-bond donors (Lipinski definition) is 1. The van der Waals surface area contributed by atoms with Crippen molar-refractivity contribution in [2.45, 2.75) is 13.0 Å². The fraction of sp³-hybridized carbons (Fsp3) is 0.647. The Morgan fingerprint density at radius 2 is 2.22 bits per heavy atom. The molecule has 1 aromatic heterocycles. The van der Waals surface area contributed by atoms with Gasteiger partial charge in [0.25, 0.3) is 0 Å². The van der Waals surface area contributed by atoms with E-state index in [-0.39, 0.29) is 11.3 Å². The van der Waals surface area contributed by atoms with Crippen LogP contribution in [0.2, 0.25) is 0 Å². The molecule has 6 nitrogen and oxygen atoms in total. The Bertz CT molecular complexity index is 509. The zero-order valence-corrected chi connectivity index (χ0v) is 13.8. The standard InChI is InChI=1S/C17H26N4O2/c1-23-14-17(4-6-19-13-17)16(22)21-9-7-20(8-10-21)12-15-3-2-5-18-11-15/h2-3,5,11,19H,4,6-10,12-14H2,1H3. The van der Waals surface area contributed by atoms with Gasteiger partial charge in [-0.15, -0.1) is 0 Å². The molecule has 3 rings (SSSR count). The minimum atomic E-state index is -0.361. The Morgan fingerprint density at radius 3 is 2.83 bits per heavy atom. The predicted molar refractivity (Wildman–Crippen MR) is 87.9 cm³/mol. The van der Waals surface area contributed by atoms with E-state index in [0.717, 1.165) is 52.2 Å². The molecular formula is C17H26N4O2. The normalized spacial score (nSPS) is 25.7. The van der Waals surface area contributed by atoms with Gasteiger partial charge in [0.2, 0.25) is 5.91 Å². The van der Waals surface area contributed by atoms with Crippen molar-refractivity contribution in [1.29, 1.82) is 0 Å². The summed E-state index contributed by atoms with van der Waals surface area (Å²) in [5, 5.41) is 3.31. The van der Waals surface area contributed by atoms with Gasteiger partial charge in [-0.1, -0.05) is 6.07 Å². The first kappa shape index (κ1) is 16.4. The summed E-state index contributed by atoms with van der Waals surface area (Å²) in [6.07, 6.45) is 4.58.